The number of rotatable bonds is 3. The van der Waals surface area contributed by atoms with Crippen molar-refractivity contribution >= 4 is 11.8 Å². The monoisotopic (exact) mass is 206 g/mol. The largest absolute Gasteiger partial charge is 0.0978 e. The number of aryl methyl sites for hydroxylation is 2. The van der Waals surface area contributed by atoms with Gasteiger partial charge in [0.05, 0.1) is 0 Å². The van der Waals surface area contributed by atoms with Crippen LogP contribution in [0.3, 0.4) is 0 Å². The summed E-state index contributed by atoms with van der Waals surface area (Å²) in [5.74, 6) is 0. The zero-order chi connectivity index (χ0) is 10.6. The molecule has 0 amide bonds. The predicted molar refractivity (Wildman–Crippen MR) is 65.8 cm³/mol. The first-order valence-corrected chi connectivity index (χ1v) is 5.91. The van der Waals surface area contributed by atoms with Crippen LogP contribution in [0.5, 0.6) is 0 Å². The van der Waals surface area contributed by atoms with E-state index in [1.54, 1.807) is 0 Å². The van der Waals surface area contributed by atoms with Gasteiger partial charge in [-0.25, -0.2) is 0 Å². The summed E-state index contributed by atoms with van der Waals surface area (Å²) < 4.78 is 0. The Bertz CT molecular complexity index is 337. The molecule has 0 unspecified atom stereocenters. The average Bonchev–Trinajstić information content (AvgIpc) is 2.19. The third kappa shape index (κ3) is 3.22. The molecule has 0 N–H and O–H groups in total. The van der Waals surface area contributed by atoms with E-state index in [4.69, 9.17) is 0 Å². The maximum Gasteiger partial charge on any atom is 0.0148 e. The highest BCUT2D eigenvalue weighted by molar-refractivity contribution is 8.02. The minimum Gasteiger partial charge on any atom is -0.0978 e. The van der Waals surface area contributed by atoms with Crippen molar-refractivity contribution in [3.8, 4) is 0 Å². The Kier molecular flexibility index (Phi) is 4.27. The lowest BCUT2D eigenvalue weighted by atomic mass is 10.2. The topological polar surface area (TPSA) is 0 Å². The number of allylic oxidation sites excluding steroid dienone is 1. The molecule has 0 aliphatic rings. The van der Waals surface area contributed by atoms with Crippen molar-refractivity contribution in [2.45, 2.75) is 39.0 Å². The minimum absolute atomic E-state index is 1.14. The highest BCUT2D eigenvalue weighted by Gasteiger charge is 1.97. The van der Waals surface area contributed by atoms with Crippen LogP contribution in [0.2, 0.25) is 0 Å². The van der Waals surface area contributed by atoms with Crippen LogP contribution >= 0.6 is 11.8 Å². The van der Waals surface area contributed by atoms with Gasteiger partial charge >= 0.3 is 0 Å². The van der Waals surface area contributed by atoms with E-state index in [0.29, 0.717) is 0 Å². The van der Waals surface area contributed by atoms with Crippen molar-refractivity contribution < 1.29 is 0 Å². The van der Waals surface area contributed by atoms with Gasteiger partial charge in [-0.1, -0.05) is 36.4 Å². The van der Waals surface area contributed by atoms with Gasteiger partial charge < -0.3 is 0 Å². The molecule has 76 valence electrons. The number of thioether (sulfide) groups is 1. The Morgan fingerprint density at radius 2 is 2.07 bits per heavy atom. The summed E-state index contributed by atoms with van der Waals surface area (Å²) >= 11 is 1.83. The predicted octanol–water partition coefficient (Wildman–Crippen LogP) is 4.71. The maximum absolute atomic E-state index is 2.25. The van der Waals surface area contributed by atoms with Gasteiger partial charge in [-0.05, 0) is 49.8 Å². The normalized spacial score (nSPS) is 11.9. The SMILES string of the molecule is CC/C(C)=C/Sc1cc(C)ccc1C. The van der Waals surface area contributed by atoms with Crippen LogP contribution in [0.25, 0.3) is 0 Å². The van der Waals surface area contributed by atoms with E-state index in [9.17, 15) is 0 Å². The fourth-order valence-electron chi connectivity index (χ4n) is 1.08. The fraction of sp³-hybridized carbons (Fsp3) is 0.385. The molecule has 1 aromatic carbocycles. The summed E-state index contributed by atoms with van der Waals surface area (Å²) in [6.45, 7) is 8.67. The van der Waals surface area contributed by atoms with Crippen molar-refractivity contribution in [2.75, 3.05) is 0 Å². The van der Waals surface area contributed by atoms with Gasteiger partial charge in [0.15, 0.2) is 0 Å². The van der Waals surface area contributed by atoms with Crippen LogP contribution in [0, 0.1) is 13.8 Å². The van der Waals surface area contributed by atoms with Crippen molar-refractivity contribution in [1.82, 2.24) is 0 Å². The maximum atomic E-state index is 2.25. The average molecular weight is 206 g/mol. The van der Waals surface area contributed by atoms with E-state index in [1.165, 1.54) is 21.6 Å². The van der Waals surface area contributed by atoms with E-state index < -0.39 is 0 Å². The van der Waals surface area contributed by atoms with Crippen LogP contribution in [0.15, 0.2) is 34.1 Å². The van der Waals surface area contributed by atoms with Gasteiger partial charge in [-0.2, -0.15) is 0 Å². The van der Waals surface area contributed by atoms with Gasteiger partial charge in [0.25, 0.3) is 0 Å². The van der Waals surface area contributed by atoms with Gasteiger partial charge in [-0.3, -0.25) is 0 Å². The second-order valence-electron chi connectivity index (χ2n) is 3.70. The van der Waals surface area contributed by atoms with Gasteiger partial charge in [0.1, 0.15) is 0 Å². The molecule has 0 aliphatic carbocycles. The zero-order valence-electron chi connectivity index (χ0n) is 9.42. The molecular weight excluding hydrogens is 188 g/mol. The highest BCUT2D eigenvalue weighted by atomic mass is 32.2. The van der Waals surface area contributed by atoms with E-state index >= 15 is 0 Å². The van der Waals surface area contributed by atoms with Crippen molar-refractivity contribution in [2.24, 2.45) is 0 Å². The highest BCUT2D eigenvalue weighted by Crippen LogP contribution is 2.25. The van der Waals surface area contributed by atoms with Crippen molar-refractivity contribution in [1.29, 1.82) is 0 Å². The summed E-state index contributed by atoms with van der Waals surface area (Å²) in [5.41, 5.74) is 4.14. The van der Waals surface area contributed by atoms with E-state index in [-0.39, 0.29) is 0 Å². The molecule has 0 saturated carbocycles. The van der Waals surface area contributed by atoms with E-state index in [0.717, 1.165) is 6.42 Å². The molecule has 0 aromatic heterocycles. The number of hydrogen-bond acceptors (Lipinski definition) is 1. The minimum atomic E-state index is 1.14. The summed E-state index contributed by atoms with van der Waals surface area (Å²) in [6, 6.07) is 6.60. The van der Waals surface area contributed by atoms with Crippen LogP contribution in [0.1, 0.15) is 31.4 Å². The standard InChI is InChI=1S/C13H18S/c1-5-10(2)9-14-13-8-11(3)6-7-12(13)4/h6-9H,5H2,1-4H3/b10-9+. The molecule has 0 fully saturated rings. The van der Waals surface area contributed by atoms with Crippen molar-refractivity contribution in [3.63, 3.8) is 0 Å². The Hall–Kier alpha value is -0.690. The lowest BCUT2D eigenvalue weighted by molar-refractivity contribution is 1.11. The van der Waals surface area contributed by atoms with Gasteiger partial charge in [0, 0.05) is 4.90 Å². The molecule has 0 bridgehead atoms. The van der Waals surface area contributed by atoms with E-state index in [1.807, 2.05) is 11.8 Å². The Morgan fingerprint density at radius 1 is 1.36 bits per heavy atom. The molecule has 0 saturated heterocycles. The fourth-order valence-corrected chi connectivity index (χ4v) is 2.08. The molecule has 1 aromatic rings. The Labute approximate surface area is 91.4 Å². The molecule has 0 heterocycles. The summed E-state index contributed by atoms with van der Waals surface area (Å²) in [5, 5.41) is 2.25. The quantitative estimate of drug-likeness (QED) is 0.645. The molecule has 1 heteroatoms. The van der Waals surface area contributed by atoms with Crippen LogP contribution in [-0.4, -0.2) is 0 Å². The summed E-state index contributed by atoms with van der Waals surface area (Å²) in [6.07, 6.45) is 1.14. The second kappa shape index (κ2) is 5.26. The number of hydrogen-bond donors (Lipinski definition) is 0. The number of benzene rings is 1. The molecule has 14 heavy (non-hydrogen) atoms. The third-order valence-electron chi connectivity index (χ3n) is 2.29. The zero-order valence-corrected chi connectivity index (χ0v) is 10.2. The molecule has 0 aliphatic heterocycles. The summed E-state index contributed by atoms with van der Waals surface area (Å²) in [4.78, 5) is 1.37. The summed E-state index contributed by atoms with van der Waals surface area (Å²) in [7, 11) is 0. The van der Waals surface area contributed by atoms with Gasteiger partial charge in [0.2, 0.25) is 0 Å². The van der Waals surface area contributed by atoms with Crippen LogP contribution in [-0.2, 0) is 0 Å². The second-order valence-corrected chi connectivity index (χ2v) is 4.62. The molecular formula is C13H18S. The third-order valence-corrected chi connectivity index (χ3v) is 3.50. The lowest BCUT2D eigenvalue weighted by Gasteiger charge is -2.04. The van der Waals surface area contributed by atoms with Crippen molar-refractivity contribution in [3.05, 3.63) is 40.3 Å². The Morgan fingerprint density at radius 3 is 2.71 bits per heavy atom. The lowest BCUT2D eigenvalue weighted by Crippen LogP contribution is -1.80. The first-order valence-electron chi connectivity index (χ1n) is 5.03. The first-order chi connectivity index (χ1) is 6.63. The first kappa shape index (κ1) is 11.4. The van der Waals surface area contributed by atoms with Crippen LogP contribution < -0.4 is 0 Å². The molecule has 0 radical (unpaired) electrons. The van der Waals surface area contributed by atoms with Crippen LogP contribution in [0.4, 0.5) is 0 Å². The Balaban J connectivity index is 2.81. The van der Waals surface area contributed by atoms with E-state index in [2.05, 4.69) is 51.3 Å². The molecule has 1 rings (SSSR count). The molecule has 0 spiro atoms. The molecule has 0 nitrogen and oxygen atoms in total. The van der Waals surface area contributed by atoms with Gasteiger partial charge in [-0.15, -0.1) is 0 Å². The smallest absolute Gasteiger partial charge is 0.0148 e. The molecule has 0 atom stereocenters.